The van der Waals surface area contributed by atoms with E-state index in [9.17, 15) is 13.2 Å². The summed E-state index contributed by atoms with van der Waals surface area (Å²) in [5, 5.41) is 11.4. The van der Waals surface area contributed by atoms with Gasteiger partial charge < -0.3 is 19.9 Å². The van der Waals surface area contributed by atoms with Crippen molar-refractivity contribution in [3.8, 4) is 5.75 Å². The molecule has 0 spiro atoms. The highest BCUT2D eigenvalue weighted by molar-refractivity contribution is 7.89. The van der Waals surface area contributed by atoms with Gasteiger partial charge in [-0.2, -0.15) is 0 Å². The highest BCUT2D eigenvalue weighted by atomic mass is 32.2. The van der Waals surface area contributed by atoms with Gasteiger partial charge in [-0.15, -0.1) is 0 Å². The number of piperidine rings is 1. The predicted molar refractivity (Wildman–Crippen MR) is 114 cm³/mol. The van der Waals surface area contributed by atoms with Crippen LogP contribution >= 0.6 is 0 Å². The number of nitrogens with one attached hydrogen (secondary N) is 1. The molecule has 2 heterocycles. The summed E-state index contributed by atoms with van der Waals surface area (Å²) in [6.45, 7) is 1.12. The molecule has 9 nitrogen and oxygen atoms in total. The van der Waals surface area contributed by atoms with E-state index in [1.54, 1.807) is 25.4 Å². The van der Waals surface area contributed by atoms with Gasteiger partial charge in [-0.3, -0.25) is 4.98 Å². The smallest absolute Gasteiger partial charge is 0.405 e. The van der Waals surface area contributed by atoms with E-state index in [0.29, 0.717) is 38.1 Å². The highest BCUT2D eigenvalue weighted by Crippen LogP contribution is 2.22. The summed E-state index contributed by atoms with van der Waals surface area (Å²) in [7, 11) is -2.05. The Balaban J connectivity index is 1.53. The SMILES string of the molecule is COc1ccc(COC2CCN(S(=O)(=O)CC(NC(=O)O)c3cccnc3)CC2)cc1. The lowest BCUT2D eigenvalue weighted by Crippen LogP contribution is -2.44. The van der Waals surface area contributed by atoms with Gasteiger partial charge in [-0.05, 0) is 42.2 Å². The third-order valence-corrected chi connectivity index (χ3v) is 7.11. The van der Waals surface area contributed by atoms with Gasteiger partial charge in [0.05, 0.1) is 31.6 Å². The minimum Gasteiger partial charge on any atom is -0.497 e. The number of nitrogens with zero attached hydrogens (tertiary/aromatic N) is 2. The van der Waals surface area contributed by atoms with Crippen LogP contribution in [0.3, 0.4) is 0 Å². The average Bonchev–Trinajstić information content (AvgIpc) is 2.78. The van der Waals surface area contributed by atoms with Gasteiger partial charge in [0.1, 0.15) is 5.75 Å². The monoisotopic (exact) mass is 449 g/mol. The quantitative estimate of drug-likeness (QED) is 0.603. The summed E-state index contributed by atoms with van der Waals surface area (Å²) in [5.41, 5.74) is 1.53. The Labute approximate surface area is 182 Å². The molecule has 1 fully saturated rings. The van der Waals surface area contributed by atoms with E-state index < -0.39 is 22.2 Å². The van der Waals surface area contributed by atoms with Crippen molar-refractivity contribution in [3.05, 3.63) is 59.9 Å². The number of aromatic nitrogens is 1. The van der Waals surface area contributed by atoms with Crippen LogP contribution in [-0.2, 0) is 21.4 Å². The first kappa shape index (κ1) is 23.0. The van der Waals surface area contributed by atoms with Crippen LogP contribution in [0.2, 0.25) is 0 Å². The number of benzene rings is 1. The molecule has 1 aromatic carbocycles. The zero-order valence-electron chi connectivity index (χ0n) is 17.3. The van der Waals surface area contributed by atoms with Crippen LogP contribution in [0.15, 0.2) is 48.8 Å². The summed E-state index contributed by atoms with van der Waals surface area (Å²) in [5.74, 6) is 0.423. The summed E-state index contributed by atoms with van der Waals surface area (Å²) in [6.07, 6.45) is 2.87. The lowest BCUT2D eigenvalue weighted by atomic mass is 10.1. The van der Waals surface area contributed by atoms with E-state index in [2.05, 4.69) is 10.3 Å². The molecular formula is C21H27N3O6S. The summed E-state index contributed by atoms with van der Waals surface area (Å²) in [4.78, 5) is 15.1. The molecule has 31 heavy (non-hydrogen) atoms. The average molecular weight is 450 g/mol. The minimum absolute atomic E-state index is 0.0279. The Morgan fingerprint density at radius 1 is 1.26 bits per heavy atom. The van der Waals surface area contributed by atoms with Gasteiger partial charge >= 0.3 is 6.09 Å². The number of hydrogen-bond donors (Lipinski definition) is 2. The molecule has 3 rings (SSSR count). The zero-order chi connectivity index (χ0) is 22.3. The van der Waals surface area contributed by atoms with Crippen LogP contribution in [0.25, 0.3) is 0 Å². The number of methoxy groups -OCH3 is 1. The second-order valence-corrected chi connectivity index (χ2v) is 9.34. The van der Waals surface area contributed by atoms with E-state index in [0.717, 1.165) is 11.3 Å². The molecule has 0 bridgehead atoms. The van der Waals surface area contributed by atoms with E-state index in [1.807, 2.05) is 24.3 Å². The molecule has 2 N–H and O–H groups in total. The Bertz CT molecular complexity index is 945. The van der Waals surface area contributed by atoms with Crippen LogP contribution in [0, 0.1) is 0 Å². The lowest BCUT2D eigenvalue weighted by molar-refractivity contribution is 0.0102. The number of hydrogen-bond acceptors (Lipinski definition) is 6. The molecule has 2 aromatic rings. The van der Waals surface area contributed by atoms with Crippen LogP contribution in [0.1, 0.15) is 30.0 Å². The predicted octanol–water partition coefficient (Wildman–Crippen LogP) is 2.41. The van der Waals surface area contributed by atoms with Gasteiger partial charge in [-0.25, -0.2) is 17.5 Å². The fourth-order valence-corrected chi connectivity index (χ4v) is 5.16. The molecular weight excluding hydrogens is 422 g/mol. The third-order valence-electron chi connectivity index (χ3n) is 5.20. The fraction of sp³-hybridized carbons (Fsp3) is 0.429. The van der Waals surface area contributed by atoms with Crippen molar-refractivity contribution in [3.63, 3.8) is 0 Å². The number of amides is 1. The first-order chi connectivity index (χ1) is 14.9. The number of sulfonamides is 1. The van der Waals surface area contributed by atoms with E-state index in [4.69, 9.17) is 14.6 Å². The zero-order valence-corrected chi connectivity index (χ0v) is 18.1. The van der Waals surface area contributed by atoms with E-state index in [1.165, 1.54) is 10.5 Å². The Hall–Kier alpha value is -2.69. The van der Waals surface area contributed by atoms with Crippen molar-refractivity contribution in [2.45, 2.75) is 31.6 Å². The molecule has 1 aliphatic rings. The van der Waals surface area contributed by atoms with Gasteiger partial charge in [0.15, 0.2) is 0 Å². The topological polar surface area (TPSA) is 118 Å². The van der Waals surface area contributed by atoms with Crippen molar-refractivity contribution < 1.29 is 27.8 Å². The van der Waals surface area contributed by atoms with Gasteiger partial charge in [0, 0.05) is 25.5 Å². The summed E-state index contributed by atoms with van der Waals surface area (Å²) in [6, 6.07) is 10.0. The molecule has 10 heteroatoms. The van der Waals surface area contributed by atoms with Gasteiger partial charge in [0.25, 0.3) is 0 Å². The normalized spacial score (nSPS) is 16.5. The molecule has 1 saturated heterocycles. The van der Waals surface area contributed by atoms with Crippen molar-refractivity contribution in [2.24, 2.45) is 0 Å². The maximum absolute atomic E-state index is 12.9. The van der Waals surface area contributed by atoms with Crippen molar-refractivity contribution in [2.75, 3.05) is 26.0 Å². The van der Waals surface area contributed by atoms with Gasteiger partial charge in [-0.1, -0.05) is 18.2 Å². The van der Waals surface area contributed by atoms with Crippen LogP contribution < -0.4 is 10.1 Å². The Kier molecular flexibility index (Phi) is 7.83. The second kappa shape index (κ2) is 10.6. The number of carbonyl (C=O) groups is 1. The minimum atomic E-state index is -3.66. The third kappa shape index (κ3) is 6.65. The van der Waals surface area contributed by atoms with Gasteiger partial charge in [0.2, 0.25) is 10.0 Å². The molecule has 1 atom stereocenters. The van der Waals surface area contributed by atoms with Crippen molar-refractivity contribution >= 4 is 16.1 Å². The molecule has 0 radical (unpaired) electrons. The molecule has 1 unspecified atom stereocenters. The number of pyridine rings is 1. The second-order valence-electron chi connectivity index (χ2n) is 7.32. The standard InChI is InChI=1S/C21H27N3O6S/c1-29-18-6-4-16(5-7-18)14-30-19-8-11-24(12-9-19)31(27,28)15-20(23-21(25)26)17-3-2-10-22-13-17/h2-7,10,13,19-20,23H,8-9,11-12,14-15H2,1H3,(H,25,26). The maximum atomic E-state index is 12.9. The van der Waals surface area contributed by atoms with Crippen LogP contribution in [0.4, 0.5) is 4.79 Å². The highest BCUT2D eigenvalue weighted by Gasteiger charge is 2.31. The lowest BCUT2D eigenvalue weighted by Gasteiger charge is -2.32. The van der Waals surface area contributed by atoms with Crippen molar-refractivity contribution in [1.29, 1.82) is 0 Å². The molecule has 1 amide bonds. The van der Waals surface area contributed by atoms with Crippen molar-refractivity contribution in [1.82, 2.24) is 14.6 Å². The van der Waals surface area contributed by atoms with E-state index in [-0.39, 0.29) is 11.9 Å². The van der Waals surface area contributed by atoms with Crippen LogP contribution in [0.5, 0.6) is 5.75 Å². The summed E-state index contributed by atoms with van der Waals surface area (Å²) < 4.78 is 38.3. The molecule has 168 valence electrons. The number of rotatable bonds is 9. The number of ether oxygens (including phenoxy) is 2. The Morgan fingerprint density at radius 3 is 2.55 bits per heavy atom. The fourth-order valence-electron chi connectivity index (χ4n) is 3.48. The van der Waals surface area contributed by atoms with Crippen LogP contribution in [-0.4, -0.2) is 61.0 Å². The maximum Gasteiger partial charge on any atom is 0.405 e. The largest absolute Gasteiger partial charge is 0.497 e. The molecule has 1 aliphatic heterocycles. The summed E-state index contributed by atoms with van der Waals surface area (Å²) >= 11 is 0. The molecule has 1 aromatic heterocycles. The first-order valence-electron chi connectivity index (χ1n) is 9.99. The Morgan fingerprint density at radius 2 is 1.97 bits per heavy atom. The van der Waals surface area contributed by atoms with E-state index >= 15 is 0 Å². The first-order valence-corrected chi connectivity index (χ1v) is 11.6. The molecule has 0 saturated carbocycles. The number of carboxylic acid groups (broad SMARTS) is 1. The molecule has 0 aliphatic carbocycles.